The second kappa shape index (κ2) is 6.48. The first-order valence-electron chi connectivity index (χ1n) is 7.37. The summed E-state index contributed by atoms with van der Waals surface area (Å²) in [6, 6.07) is 8.88. The summed E-state index contributed by atoms with van der Waals surface area (Å²) >= 11 is 12.4. The number of rotatable bonds is 3. The fourth-order valence-electron chi connectivity index (χ4n) is 2.59. The summed E-state index contributed by atoms with van der Waals surface area (Å²) in [4.78, 5) is 29.0. The van der Waals surface area contributed by atoms with E-state index in [2.05, 4.69) is 4.98 Å². The van der Waals surface area contributed by atoms with Crippen LogP contribution in [0.25, 0.3) is 16.6 Å². The molecule has 0 bridgehead atoms. The summed E-state index contributed by atoms with van der Waals surface area (Å²) in [7, 11) is 0. The molecule has 2 aromatic carbocycles. The van der Waals surface area contributed by atoms with E-state index >= 15 is 0 Å². The van der Waals surface area contributed by atoms with E-state index in [1.807, 2.05) is 0 Å². The van der Waals surface area contributed by atoms with Gasteiger partial charge in [0, 0.05) is 5.56 Å². The Hall–Kier alpha value is -2.41. The molecule has 6 nitrogen and oxygen atoms in total. The van der Waals surface area contributed by atoms with Crippen molar-refractivity contribution in [2.45, 2.75) is 13.0 Å². The maximum Gasteiger partial charge on any atom is 0.267 e. The number of halogens is 2. The lowest BCUT2D eigenvalue weighted by Gasteiger charge is -2.17. The van der Waals surface area contributed by atoms with Gasteiger partial charge in [0.1, 0.15) is 5.82 Å². The highest BCUT2D eigenvalue weighted by Gasteiger charge is 2.19. The number of nitrogens with zero attached hydrogens (tertiary/aromatic N) is 2. The molecule has 0 saturated carbocycles. The highest BCUT2D eigenvalue weighted by molar-refractivity contribution is 6.39. The second-order valence-electron chi connectivity index (χ2n) is 5.57. The van der Waals surface area contributed by atoms with Crippen molar-refractivity contribution in [1.82, 2.24) is 9.55 Å². The molecule has 0 radical (unpaired) electrons. The maximum absolute atomic E-state index is 13.1. The lowest BCUT2D eigenvalue weighted by Crippen LogP contribution is -2.28. The van der Waals surface area contributed by atoms with E-state index in [-0.39, 0.29) is 21.5 Å². The molecule has 0 aliphatic carbocycles. The Morgan fingerprint density at radius 2 is 1.88 bits per heavy atom. The third-order valence-electron chi connectivity index (χ3n) is 3.75. The van der Waals surface area contributed by atoms with Gasteiger partial charge in [-0.2, -0.15) is 0 Å². The number of hydrogen-bond acceptors (Lipinski definition) is 4. The number of hydrogen-bond donors (Lipinski definition) is 2. The van der Waals surface area contributed by atoms with E-state index < -0.39 is 17.5 Å². The molecule has 0 saturated heterocycles. The summed E-state index contributed by atoms with van der Waals surface area (Å²) in [5.74, 6) is -0.310. The maximum atomic E-state index is 13.1. The Kier molecular flexibility index (Phi) is 4.51. The van der Waals surface area contributed by atoms with Crippen molar-refractivity contribution in [3.05, 3.63) is 68.2 Å². The predicted octanol–water partition coefficient (Wildman–Crippen LogP) is 2.81. The average molecular weight is 377 g/mol. The first-order valence-corrected chi connectivity index (χ1v) is 8.13. The standard InChI is InChI=1S/C17H14Cl2N4O2/c1-8(20)16-22-14-12(19)6-5-11(18)13(14)17(25)23(16)10-4-2-3-9(7-10)15(21)24/h2-8H,20H2,1H3,(H2,21,24)/t8-/m0/s1. The van der Waals surface area contributed by atoms with Gasteiger partial charge in [-0.1, -0.05) is 29.3 Å². The number of primary amides is 1. The van der Waals surface area contributed by atoms with Crippen molar-refractivity contribution in [3.8, 4) is 5.69 Å². The minimum absolute atomic E-state index is 0.183. The third kappa shape index (κ3) is 3.00. The molecule has 8 heteroatoms. The van der Waals surface area contributed by atoms with E-state index in [1.165, 1.54) is 16.7 Å². The monoisotopic (exact) mass is 376 g/mol. The number of carbonyl (C=O) groups is 1. The quantitative estimate of drug-likeness (QED) is 0.732. The van der Waals surface area contributed by atoms with Crippen LogP contribution in [-0.4, -0.2) is 15.5 Å². The first kappa shape index (κ1) is 17.4. The van der Waals surface area contributed by atoms with Gasteiger partial charge < -0.3 is 11.5 Å². The van der Waals surface area contributed by atoms with Crippen LogP contribution in [0, 0.1) is 0 Å². The van der Waals surface area contributed by atoms with Gasteiger partial charge in [-0.3, -0.25) is 14.2 Å². The number of carbonyl (C=O) groups excluding carboxylic acids is 1. The van der Waals surface area contributed by atoms with Gasteiger partial charge in [0.05, 0.1) is 32.7 Å². The molecule has 0 fully saturated rings. The van der Waals surface area contributed by atoms with Gasteiger partial charge in [0.15, 0.2) is 0 Å². The van der Waals surface area contributed by atoms with Crippen LogP contribution in [0.2, 0.25) is 10.0 Å². The molecule has 1 amide bonds. The zero-order valence-corrected chi connectivity index (χ0v) is 14.7. The highest BCUT2D eigenvalue weighted by atomic mass is 35.5. The second-order valence-corrected chi connectivity index (χ2v) is 6.38. The van der Waals surface area contributed by atoms with E-state index in [9.17, 15) is 9.59 Å². The van der Waals surface area contributed by atoms with Gasteiger partial charge in [-0.25, -0.2) is 4.98 Å². The number of aromatic nitrogens is 2. The van der Waals surface area contributed by atoms with Gasteiger partial charge in [-0.15, -0.1) is 0 Å². The zero-order chi connectivity index (χ0) is 18.3. The fraction of sp³-hybridized carbons (Fsp3) is 0.118. The van der Waals surface area contributed by atoms with E-state index in [4.69, 9.17) is 34.7 Å². The van der Waals surface area contributed by atoms with Crippen molar-refractivity contribution in [2.24, 2.45) is 11.5 Å². The van der Waals surface area contributed by atoms with Crippen LogP contribution < -0.4 is 17.0 Å². The van der Waals surface area contributed by atoms with Crippen LogP contribution in [0.3, 0.4) is 0 Å². The van der Waals surface area contributed by atoms with Crippen molar-refractivity contribution in [3.63, 3.8) is 0 Å². The van der Waals surface area contributed by atoms with Gasteiger partial charge in [-0.05, 0) is 37.3 Å². The normalized spacial score (nSPS) is 12.3. The smallest absolute Gasteiger partial charge is 0.267 e. The summed E-state index contributed by atoms with van der Waals surface area (Å²) in [6.07, 6.45) is 0. The van der Waals surface area contributed by atoms with Crippen molar-refractivity contribution in [1.29, 1.82) is 0 Å². The molecule has 1 aromatic heterocycles. The Balaban J connectivity index is 2.46. The molecule has 0 aliphatic heterocycles. The van der Waals surface area contributed by atoms with E-state index in [0.717, 1.165) is 0 Å². The Morgan fingerprint density at radius 3 is 2.52 bits per heavy atom. The molecule has 0 aliphatic rings. The third-order valence-corrected chi connectivity index (χ3v) is 4.37. The topological polar surface area (TPSA) is 104 Å². The van der Waals surface area contributed by atoms with Gasteiger partial charge >= 0.3 is 0 Å². The molecule has 3 aromatic rings. The molecular weight excluding hydrogens is 363 g/mol. The summed E-state index contributed by atoms with van der Waals surface area (Å²) in [5, 5.41) is 0.715. The van der Waals surface area contributed by atoms with Crippen LogP contribution in [-0.2, 0) is 0 Å². The van der Waals surface area contributed by atoms with Crippen LogP contribution in [0.15, 0.2) is 41.2 Å². The number of nitrogens with two attached hydrogens (primary N) is 2. The lowest BCUT2D eigenvalue weighted by molar-refractivity contribution is 0.1000. The van der Waals surface area contributed by atoms with E-state index in [1.54, 1.807) is 31.2 Å². The molecule has 25 heavy (non-hydrogen) atoms. The van der Waals surface area contributed by atoms with Crippen LogP contribution in [0.4, 0.5) is 0 Å². The molecule has 3 rings (SSSR count). The Morgan fingerprint density at radius 1 is 1.20 bits per heavy atom. The molecule has 4 N–H and O–H groups in total. The van der Waals surface area contributed by atoms with Crippen molar-refractivity contribution < 1.29 is 4.79 Å². The molecule has 1 atom stereocenters. The Labute approximate surface area is 153 Å². The molecule has 128 valence electrons. The average Bonchev–Trinajstić information content (AvgIpc) is 2.57. The molecular formula is C17H14Cl2N4O2. The summed E-state index contributed by atoms with van der Waals surface area (Å²) < 4.78 is 1.32. The van der Waals surface area contributed by atoms with Crippen molar-refractivity contribution in [2.75, 3.05) is 0 Å². The fourth-order valence-corrected chi connectivity index (χ4v) is 3.02. The van der Waals surface area contributed by atoms with Crippen LogP contribution >= 0.6 is 23.2 Å². The number of benzene rings is 2. The molecule has 0 spiro atoms. The van der Waals surface area contributed by atoms with Crippen molar-refractivity contribution >= 4 is 40.0 Å². The first-order chi connectivity index (χ1) is 11.8. The highest BCUT2D eigenvalue weighted by Crippen LogP contribution is 2.28. The largest absolute Gasteiger partial charge is 0.366 e. The summed E-state index contributed by atoms with van der Waals surface area (Å²) in [5.41, 5.74) is 11.9. The van der Waals surface area contributed by atoms with Gasteiger partial charge in [0.25, 0.3) is 5.56 Å². The van der Waals surface area contributed by atoms with Gasteiger partial charge in [0.2, 0.25) is 5.91 Å². The number of amides is 1. The zero-order valence-electron chi connectivity index (χ0n) is 13.2. The Bertz CT molecular complexity index is 1060. The molecule has 1 heterocycles. The number of fused-ring (bicyclic) bond motifs is 1. The minimum Gasteiger partial charge on any atom is -0.366 e. The van der Waals surface area contributed by atoms with Crippen LogP contribution in [0.1, 0.15) is 29.1 Å². The molecule has 0 unspecified atom stereocenters. The predicted molar refractivity (Wildman–Crippen MR) is 98.5 cm³/mol. The van der Waals surface area contributed by atoms with Crippen LogP contribution in [0.5, 0.6) is 0 Å². The lowest BCUT2D eigenvalue weighted by atomic mass is 10.1. The summed E-state index contributed by atoms with van der Waals surface area (Å²) in [6.45, 7) is 1.69. The SMILES string of the molecule is C[C@H](N)c1nc2c(Cl)ccc(Cl)c2c(=O)n1-c1cccc(C(N)=O)c1. The van der Waals surface area contributed by atoms with E-state index in [0.29, 0.717) is 16.5 Å². The minimum atomic E-state index is -0.605.